The summed E-state index contributed by atoms with van der Waals surface area (Å²) in [5, 5.41) is 2.99. The first-order valence-corrected chi connectivity index (χ1v) is 7.70. The van der Waals surface area contributed by atoms with Crippen LogP contribution in [0.4, 0.5) is 0 Å². The zero-order valence-corrected chi connectivity index (χ0v) is 13.4. The molecule has 1 aromatic carbocycles. The lowest BCUT2D eigenvalue weighted by Crippen LogP contribution is -2.36. The Balaban J connectivity index is 1.71. The van der Waals surface area contributed by atoms with E-state index in [2.05, 4.69) is 41.2 Å². The average Bonchev–Trinajstić information content (AvgIpc) is 3.02. The maximum Gasteiger partial charge on any atom is 0.252 e. The van der Waals surface area contributed by atoms with Crippen molar-refractivity contribution in [2.45, 2.75) is 6.04 Å². The Kier molecular flexibility index (Phi) is 3.34. The topological polar surface area (TPSA) is 79.6 Å². The zero-order valence-electron chi connectivity index (χ0n) is 11.8. The second kappa shape index (κ2) is 5.51. The molecule has 0 saturated carbocycles. The fourth-order valence-electron chi connectivity index (χ4n) is 2.58. The lowest BCUT2D eigenvalue weighted by Gasteiger charge is -2.23. The maximum atomic E-state index is 12.6. The van der Waals surface area contributed by atoms with E-state index >= 15 is 0 Å². The molecule has 0 fully saturated rings. The van der Waals surface area contributed by atoms with Gasteiger partial charge in [0, 0.05) is 21.8 Å². The summed E-state index contributed by atoms with van der Waals surface area (Å²) in [6.45, 7) is 0. The summed E-state index contributed by atoms with van der Waals surface area (Å²) in [4.78, 5) is 29.4. The molecule has 112 valence electrons. The van der Waals surface area contributed by atoms with Crippen LogP contribution in [0, 0.1) is 0 Å². The molecular weight excluding hydrogens is 358 g/mol. The van der Waals surface area contributed by atoms with E-state index in [4.69, 9.17) is 0 Å². The van der Waals surface area contributed by atoms with Crippen LogP contribution in [0.3, 0.4) is 0 Å². The fraction of sp³-hybridized carbons (Fsp3) is 0.0625. The fourth-order valence-corrected chi connectivity index (χ4v) is 2.98. The standard InChI is InChI=1S/C16H10BrN5O/c17-11-3-1-2-9(4-11)16(23)22-15-13-10(6-18-7-20-13)5-12-14(15)21-8-19-12/h1-8,15H,(H,22,23). The van der Waals surface area contributed by atoms with Gasteiger partial charge >= 0.3 is 0 Å². The molecule has 0 saturated heterocycles. The number of rotatable bonds is 2. The van der Waals surface area contributed by atoms with Gasteiger partial charge in [0.1, 0.15) is 18.7 Å². The Morgan fingerprint density at radius 3 is 3.09 bits per heavy atom. The molecule has 1 amide bonds. The molecule has 23 heavy (non-hydrogen) atoms. The maximum absolute atomic E-state index is 12.6. The van der Waals surface area contributed by atoms with Gasteiger partial charge in [-0.3, -0.25) is 4.79 Å². The number of aromatic nitrogens is 2. The van der Waals surface area contributed by atoms with Crippen molar-refractivity contribution in [1.82, 2.24) is 15.3 Å². The molecule has 0 radical (unpaired) electrons. The first-order valence-electron chi connectivity index (χ1n) is 6.91. The normalized spacial score (nSPS) is 17.9. The largest absolute Gasteiger partial charge is 0.338 e. The third kappa shape index (κ3) is 2.49. The monoisotopic (exact) mass is 367 g/mol. The Labute approximate surface area is 140 Å². The van der Waals surface area contributed by atoms with Gasteiger partial charge in [0.05, 0.1) is 17.1 Å². The van der Waals surface area contributed by atoms with E-state index in [1.807, 2.05) is 18.2 Å². The highest BCUT2D eigenvalue weighted by Gasteiger charge is 2.32. The Bertz CT molecular complexity index is 903. The Morgan fingerprint density at radius 2 is 2.22 bits per heavy atom. The number of aliphatic imine (C=N–C) groups is 2. The Hall–Kier alpha value is -2.67. The van der Waals surface area contributed by atoms with Crippen molar-refractivity contribution >= 4 is 40.0 Å². The lowest BCUT2D eigenvalue weighted by molar-refractivity contribution is 0.0946. The minimum Gasteiger partial charge on any atom is -0.338 e. The number of hydrogen-bond donors (Lipinski definition) is 1. The molecule has 0 bridgehead atoms. The van der Waals surface area contributed by atoms with Crippen molar-refractivity contribution < 1.29 is 4.79 Å². The number of nitrogens with one attached hydrogen (secondary N) is 1. The van der Waals surface area contributed by atoms with E-state index in [1.165, 1.54) is 12.7 Å². The van der Waals surface area contributed by atoms with Crippen molar-refractivity contribution in [2.24, 2.45) is 9.98 Å². The second-order valence-electron chi connectivity index (χ2n) is 5.07. The smallest absolute Gasteiger partial charge is 0.252 e. The van der Waals surface area contributed by atoms with E-state index < -0.39 is 6.04 Å². The molecule has 2 aliphatic rings. The molecule has 0 spiro atoms. The van der Waals surface area contributed by atoms with Crippen LogP contribution in [0.25, 0.3) is 6.08 Å². The molecule has 4 rings (SSSR count). The summed E-state index contributed by atoms with van der Waals surface area (Å²) < 4.78 is 0.846. The molecule has 6 nitrogen and oxygen atoms in total. The van der Waals surface area contributed by atoms with Crippen LogP contribution < -0.4 is 5.32 Å². The van der Waals surface area contributed by atoms with Gasteiger partial charge in [0.2, 0.25) is 0 Å². The molecule has 1 N–H and O–H groups in total. The summed E-state index contributed by atoms with van der Waals surface area (Å²) in [6, 6.07) is 6.77. The molecular formula is C16H10BrN5O. The van der Waals surface area contributed by atoms with Gasteiger partial charge in [-0.15, -0.1) is 0 Å². The van der Waals surface area contributed by atoms with Gasteiger partial charge in [-0.05, 0) is 24.3 Å². The summed E-state index contributed by atoms with van der Waals surface area (Å²) in [6.07, 6.45) is 6.53. The van der Waals surface area contributed by atoms with Gasteiger partial charge in [0.25, 0.3) is 5.91 Å². The van der Waals surface area contributed by atoms with Crippen LogP contribution in [0.1, 0.15) is 27.7 Å². The molecule has 1 aliphatic carbocycles. The van der Waals surface area contributed by atoms with Crippen LogP contribution >= 0.6 is 15.9 Å². The highest BCUT2D eigenvalue weighted by atomic mass is 79.9. The minimum absolute atomic E-state index is 0.197. The highest BCUT2D eigenvalue weighted by Crippen LogP contribution is 2.30. The van der Waals surface area contributed by atoms with Gasteiger partial charge in [-0.1, -0.05) is 22.0 Å². The lowest BCUT2D eigenvalue weighted by atomic mass is 9.94. The van der Waals surface area contributed by atoms with E-state index in [1.54, 1.807) is 18.3 Å². The van der Waals surface area contributed by atoms with E-state index in [-0.39, 0.29) is 5.91 Å². The third-order valence-corrected chi connectivity index (χ3v) is 4.12. The van der Waals surface area contributed by atoms with Crippen LogP contribution in [0.5, 0.6) is 0 Å². The van der Waals surface area contributed by atoms with E-state index in [9.17, 15) is 4.79 Å². The molecule has 1 atom stereocenters. The Morgan fingerprint density at radius 1 is 1.30 bits per heavy atom. The SMILES string of the molecule is O=C(NC1C2=NC=NC2=Cc2cncnc21)c1cccc(Br)c1. The van der Waals surface area contributed by atoms with Crippen molar-refractivity contribution in [2.75, 3.05) is 0 Å². The number of hydrogen-bond acceptors (Lipinski definition) is 5. The van der Waals surface area contributed by atoms with Gasteiger partial charge in [0.15, 0.2) is 0 Å². The summed E-state index contributed by atoms with van der Waals surface area (Å²) in [5.74, 6) is -0.197. The average molecular weight is 368 g/mol. The quantitative estimate of drug-likeness (QED) is 0.885. The molecule has 2 heterocycles. The number of carbonyl (C=O) groups excluding carboxylic acids is 1. The minimum atomic E-state index is -0.443. The van der Waals surface area contributed by atoms with Crippen molar-refractivity contribution in [3.63, 3.8) is 0 Å². The van der Waals surface area contributed by atoms with Crippen molar-refractivity contribution in [3.05, 3.63) is 63.8 Å². The van der Waals surface area contributed by atoms with Gasteiger partial charge in [-0.25, -0.2) is 20.0 Å². The number of halogens is 1. The predicted octanol–water partition coefficient (Wildman–Crippen LogP) is 2.55. The third-order valence-electron chi connectivity index (χ3n) is 3.63. The first kappa shape index (κ1) is 14.0. The predicted molar refractivity (Wildman–Crippen MR) is 90.3 cm³/mol. The number of fused-ring (bicyclic) bond motifs is 2. The van der Waals surface area contributed by atoms with Crippen LogP contribution in [-0.2, 0) is 0 Å². The number of amides is 1. The van der Waals surface area contributed by atoms with Crippen LogP contribution in [-0.4, -0.2) is 27.9 Å². The number of nitrogens with zero attached hydrogens (tertiary/aromatic N) is 4. The van der Waals surface area contributed by atoms with E-state index in [0.717, 1.165) is 21.4 Å². The van der Waals surface area contributed by atoms with Crippen LogP contribution in [0.15, 0.2) is 56.9 Å². The first-order chi connectivity index (χ1) is 11.2. The summed E-state index contributed by atoms with van der Waals surface area (Å²) >= 11 is 3.37. The molecule has 2 aromatic rings. The highest BCUT2D eigenvalue weighted by molar-refractivity contribution is 9.10. The van der Waals surface area contributed by atoms with Crippen molar-refractivity contribution in [1.29, 1.82) is 0 Å². The molecule has 1 unspecified atom stereocenters. The second-order valence-corrected chi connectivity index (χ2v) is 5.98. The molecule has 1 aliphatic heterocycles. The van der Waals surface area contributed by atoms with Crippen LogP contribution in [0.2, 0.25) is 0 Å². The van der Waals surface area contributed by atoms with E-state index in [0.29, 0.717) is 11.3 Å². The van der Waals surface area contributed by atoms with Gasteiger partial charge in [-0.2, -0.15) is 0 Å². The van der Waals surface area contributed by atoms with Gasteiger partial charge < -0.3 is 5.32 Å². The molecule has 1 aromatic heterocycles. The summed E-state index contributed by atoms with van der Waals surface area (Å²) in [5.41, 5.74) is 3.54. The molecule has 7 heteroatoms. The number of benzene rings is 1. The number of carbonyl (C=O) groups is 1. The van der Waals surface area contributed by atoms with Crippen molar-refractivity contribution in [3.8, 4) is 0 Å². The summed E-state index contributed by atoms with van der Waals surface area (Å²) in [7, 11) is 0. The zero-order chi connectivity index (χ0) is 15.8.